The van der Waals surface area contributed by atoms with Crippen LogP contribution in [0.1, 0.15) is 5.69 Å². The van der Waals surface area contributed by atoms with Gasteiger partial charge in [-0.3, -0.25) is 0 Å². The van der Waals surface area contributed by atoms with Gasteiger partial charge in [0.2, 0.25) is 10.0 Å². The number of para-hydroxylation sites is 1. The number of rotatable bonds is 5. The van der Waals surface area contributed by atoms with Gasteiger partial charge in [-0.25, -0.2) is 13.1 Å². The average molecular weight is 393 g/mol. The number of aromatic nitrogens is 1. The minimum Gasteiger partial charge on any atom is -0.344 e. The summed E-state index contributed by atoms with van der Waals surface area (Å²) in [6.45, 7) is 2.97. The van der Waals surface area contributed by atoms with Crippen molar-refractivity contribution < 1.29 is 8.42 Å². The second-order valence-electron chi connectivity index (χ2n) is 5.35. The lowest BCUT2D eigenvalue weighted by Crippen LogP contribution is -2.27. The zero-order chi connectivity index (χ0) is 16.4. The second-order valence-corrected chi connectivity index (χ2v) is 8.03. The van der Waals surface area contributed by atoms with Crippen molar-refractivity contribution in [1.29, 1.82) is 0 Å². The van der Waals surface area contributed by atoms with Crippen LogP contribution in [0.4, 0.5) is 0 Å². The Morgan fingerprint density at radius 3 is 2.52 bits per heavy atom. The topological polar surface area (TPSA) is 51.1 Å². The first-order valence-corrected chi connectivity index (χ1v) is 9.55. The fourth-order valence-corrected chi connectivity index (χ4v) is 3.92. The molecule has 2 aromatic carbocycles. The van der Waals surface area contributed by atoms with Crippen molar-refractivity contribution in [3.63, 3.8) is 0 Å². The fourth-order valence-electron chi connectivity index (χ4n) is 2.63. The average Bonchev–Trinajstić information content (AvgIpc) is 2.84. The summed E-state index contributed by atoms with van der Waals surface area (Å²) in [4.78, 5) is 0.273. The molecule has 3 aromatic rings. The van der Waals surface area contributed by atoms with Gasteiger partial charge in [0, 0.05) is 28.8 Å². The van der Waals surface area contributed by atoms with Crippen LogP contribution in [0, 0.1) is 6.92 Å². The molecule has 120 valence electrons. The summed E-state index contributed by atoms with van der Waals surface area (Å²) < 4.78 is 30.2. The number of benzene rings is 2. The van der Waals surface area contributed by atoms with Gasteiger partial charge in [0.25, 0.3) is 0 Å². The molecule has 6 heteroatoms. The third kappa shape index (κ3) is 3.49. The van der Waals surface area contributed by atoms with Crippen LogP contribution in [0.5, 0.6) is 0 Å². The minimum atomic E-state index is -3.48. The Kier molecular flexibility index (Phi) is 4.57. The predicted molar refractivity (Wildman–Crippen MR) is 96.0 cm³/mol. The number of hydrogen-bond donors (Lipinski definition) is 1. The molecule has 0 saturated carbocycles. The quantitative estimate of drug-likeness (QED) is 0.719. The third-order valence-corrected chi connectivity index (χ3v) is 5.77. The highest BCUT2D eigenvalue weighted by Crippen LogP contribution is 2.19. The molecule has 0 unspecified atom stereocenters. The van der Waals surface area contributed by atoms with Gasteiger partial charge in [-0.15, -0.1) is 0 Å². The highest BCUT2D eigenvalue weighted by atomic mass is 79.9. The van der Waals surface area contributed by atoms with E-state index < -0.39 is 10.0 Å². The number of halogens is 1. The van der Waals surface area contributed by atoms with E-state index in [4.69, 9.17) is 0 Å². The molecule has 0 saturated heterocycles. The van der Waals surface area contributed by atoms with E-state index in [9.17, 15) is 8.42 Å². The normalized spacial score (nSPS) is 11.9. The van der Waals surface area contributed by atoms with Crippen molar-refractivity contribution in [3.05, 3.63) is 64.8 Å². The Morgan fingerprint density at radius 2 is 1.78 bits per heavy atom. The number of aryl methyl sites for hydroxylation is 1. The van der Waals surface area contributed by atoms with Crippen molar-refractivity contribution in [1.82, 2.24) is 9.29 Å². The first-order valence-electron chi connectivity index (χ1n) is 7.27. The molecule has 1 heterocycles. The molecular weight excluding hydrogens is 376 g/mol. The fraction of sp³-hybridized carbons (Fsp3) is 0.176. The second kappa shape index (κ2) is 6.47. The van der Waals surface area contributed by atoms with Crippen LogP contribution >= 0.6 is 15.9 Å². The van der Waals surface area contributed by atoms with E-state index in [2.05, 4.69) is 37.4 Å². The maximum absolute atomic E-state index is 12.3. The lowest BCUT2D eigenvalue weighted by atomic mass is 10.2. The molecule has 0 amide bonds. The van der Waals surface area contributed by atoms with Crippen molar-refractivity contribution in [2.45, 2.75) is 18.4 Å². The van der Waals surface area contributed by atoms with Gasteiger partial charge >= 0.3 is 0 Å². The number of hydrogen-bond acceptors (Lipinski definition) is 2. The van der Waals surface area contributed by atoms with Gasteiger partial charge in [0.05, 0.1) is 4.90 Å². The van der Waals surface area contributed by atoms with Crippen LogP contribution in [0.15, 0.2) is 64.0 Å². The molecule has 0 bridgehead atoms. The number of sulfonamides is 1. The van der Waals surface area contributed by atoms with Gasteiger partial charge in [0.15, 0.2) is 0 Å². The highest BCUT2D eigenvalue weighted by molar-refractivity contribution is 9.10. The lowest BCUT2D eigenvalue weighted by Gasteiger charge is -2.10. The van der Waals surface area contributed by atoms with Crippen molar-refractivity contribution >= 4 is 36.9 Å². The standard InChI is InChI=1S/C17H17BrN2O2S/c1-13-12-14-4-2-3-5-17(14)20(13)11-10-19-23(21,22)16-8-6-15(18)7-9-16/h2-9,12,19H,10-11H2,1H3. The molecule has 1 N–H and O–H groups in total. The van der Waals surface area contributed by atoms with E-state index >= 15 is 0 Å². The summed E-state index contributed by atoms with van der Waals surface area (Å²) in [5.41, 5.74) is 2.24. The van der Waals surface area contributed by atoms with Gasteiger partial charge in [-0.05, 0) is 48.7 Å². The van der Waals surface area contributed by atoms with E-state index in [-0.39, 0.29) is 4.90 Å². The van der Waals surface area contributed by atoms with Crippen LogP contribution in [0.2, 0.25) is 0 Å². The predicted octanol–water partition coefficient (Wildman–Crippen LogP) is 3.69. The maximum atomic E-state index is 12.3. The van der Waals surface area contributed by atoms with E-state index in [1.807, 2.05) is 25.1 Å². The summed E-state index contributed by atoms with van der Waals surface area (Å²) in [5.74, 6) is 0. The van der Waals surface area contributed by atoms with E-state index in [1.54, 1.807) is 24.3 Å². The van der Waals surface area contributed by atoms with Gasteiger partial charge in [-0.2, -0.15) is 0 Å². The molecule has 0 atom stereocenters. The lowest BCUT2D eigenvalue weighted by molar-refractivity contribution is 0.573. The Bertz CT molecular complexity index is 931. The molecule has 0 aliphatic heterocycles. The molecule has 0 radical (unpaired) electrons. The molecule has 0 aliphatic rings. The maximum Gasteiger partial charge on any atom is 0.240 e. The SMILES string of the molecule is Cc1cc2ccccc2n1CCNS(=O)(=O)c1ccc(Br)cc1. The number of fused-ring (bicyclic) bond motifs is 1. The molecule has 23 heavy (non-hydrogen) atoms. The third-order valence-electron chi connectivity index (χ3n) is 3.77. The van der Waals surface area contributed by atoms with E-state index in [0.717, 1.165) is 15.7 Å². The van der Waals surface area contributed by atoms with E-state index in [1.165, 1.54) is 5.39 Å². The van der Waals surface area contributed by atoms with E-state index in [0.29, 0.717) is 13.1 Å². The first-order chi connectivity index (χ1) is 11.0. The van der Waals surface area contributed by atoms with Crippen LogP contribution in [0.25, 0.3) is 10.9 Å². The molecule has 0 fully saturated rings. The molecule has 1 aromatic heterocycles. The molecule has 4 nitrogen and oxygen atoms in total. The summed E-state index contributed by atoms with van der Waals surface area (Å²) in [6.07, 6.45) is 0. The monoisotopic (exact) mass is 392 g/mol. The van der Waals surface area contributed by atoms with Crippen LogP contribution in [-0.2, 0) is 16.6 Å². The summed E-state index contributed by atoms with van der Waals surface area (Å²) >= 11 is 3.30. The minimum absolute atomic E-state index is 0.273. The Labute approximate surface area is 144 Å². The first kappa shape index (κ1) is 16.2. The Hall–Kier alpha value is -1.63. The van der Waals surface area contributed by atoms with Crippen LogP contribution in [0.3, 0.4) is 0 Å². The van der Waals surface area contributed by atoms with Crippen molar-refractivity contribution in [3.8, 4) is 0 Å². The number of nitrogens with one attached hydrogen (secondary N) is 1. The largest absolute Gasteiger partial charge is 0.344 e. The Morgan fingerprint density at radius 1 is 1.09 bits per heavy atom. The Balaban J connectivity index is 1.73. The molecule has 3 rings (SSSR count). The highest BCUT2D eigenvalue weighted by Gasteiger charge is 2.13. The summed E-state index contributed by atoms with van der Waals surface area (Å²) in [7, 11) is -3.48. The molecule has 0 spiro atoms. The zero-order valence-electron chi connectivity index (χ0n) is 12.7. The molecular formula is C17H17BrN2O2S. The molecule has 0 aliphatic carbocycles. The van der Waals surface area contributed by atoms with Gasteiger partial charge in [0.1, 0.15) is 0 Å². The summed E-state index contributed by atoms with van der Waals surface area (Å²) in [6, 6.07) is 16.8. The van der Waals surface area contributed by atoms with Crippen LogP contribution in [-0.4, -0.2) is 19.5 Å². The number of nitrogens with zero attached hydrogens (tertiary/aromatic N) is 1. The summed E-state index contributed by atoms with van der Waals surface area (Å²) in [5, 5.41) is 1.17. The van der Waals surface area contributed by atoms with Crippen molar-refractivity contribution in [2.24, 2.45) is 0 Å². The zero-order valence-corrected chi connectivity index (χ0v) is 15.1. The smallest absolute Gasteiger partial charge is 0.240 e. The van der Waals surface area contributed by atoms with Gasteiger partial charge < -0.3 is 4.57 Å². The van der Waals surface area contributed by atoms with Crippen LogP contribution < -0.4 is 4.72 Å². The van der Waals surface area contributed by atoms with Crippen molar-refractivity contribution in [2.75, 3.05) is 6.54 Å². The van der Waals surface area contributed by atoms with Gasteiger partial charge in [-0.1, -0.05) is 34.1 Å².